The van der Waals surface area contributed by atoms with Crippen LogP contribution in [0, 0.1) is 0 Å². The quantitative estimate of drug-likeness (QED) is 0.583. The van der Waals surface area contributed by atoms with Crippen LogP contribution in [0.3, 0.4) is 0 Å². The molecule has 0 aliphatic rings. The SMILES string of the molecule is C=CC.O=COc1ccccc1-c1nc2ccccc2[nH]1. The molecule has 4 heteroatoms. The van der Waals surface area contributed by atoms with Crippen molar-refractivity contribution in [3.63, 3.8) is 0 Å². The number of rotatable bonds is 3. The lowest BCUT2D eigenvalue weighted by atomic mass is 10.2. The smallest absolute Gasteiger partial charge is 0.298 e. The van der Waals surface area contributed by atoms with E-state index in [0.717, 1.165) is 16.6 Å². The maximum absolute atomic E-state index is 10.5. The van der Waals surface area contributed by atoms with Crippen LogP contribution < -0.4 is 4.74 Å². The zero-order chi connectivity index (χ0) is 15.1. The van der Waals surface area contributed by atoms with Crippen LogP contribution in [0.1, 0.15) is 6.92 Å². The number of imidazole rings is 1. The number of benzene rings is 2. The predicted molar refractivity (Wildman–Crippen MR) is 84.1 cm³/mol. The molecule has 3 aromatic rings. The molecule has 1 aromatic heterocycles. The number of allylic oxidation sites excluding steroid dienone is 1. The molecule has 0 amide bonds. The molecular weight excluding hydrogens is 264 g/mol. The molecule has 0 radical (unpaired) electrons. The number of fused-ring (bicyclic) bond motifs is 1. The molecule has 1 heterocycles. The van der Waals surface area contributed by atoms with Crippen molar-refractivity contribution in [3.05, 3.63) is 61.2 Å². The third-order valence-electron chi connectivity index (χ3n) is 2.71. The standard InChI is InChI=1S/C14H10N2O2.C3H6/c17-9-18-13-8-4-1-5-10(13)14-15-11-6-2-3-7-12(11)16-14;1-3-2/h1-9H,(H,15,16);3H,1H2,2H3. The van der Waals surface area contributed by atoms with Gasteiger partial charge >= 0.3 is 0 Å². The Kier molecular flexibility index (Phi) is 4.88. The largest absolute Gasteiger partial charge is 0.428 e. The zero-order valence-corrected chi connectivity index (χ0v) is 11.7. The van der Waals surface area contributed by atoms with Crippen molar-refractivity contribution in [3.8, 4) is 17.1 Å². The highest BCUT2D eigenvalue weighted by Crippen LogP contribution is 2.28. The fourth-order valence-electron chi connectivity index (χ4n) is 1.90. The van der Waals surface area contributed by atoms with Gasteiger partial charge in [-0.15, -0.1) is 6.58 Å². The van der Waals surface area contributed by atoms with Crippen molar-refractivity contribution < 1.29 is 9.53 Å². The van der Waals surface area contributed by atoms with Crippen LogP contribution in [0.2, 0.25) is 0 Å². The zero-order valence-electron chi connectivity index (χ0n) is 11.7. The van der Waals surface area contributed by atoms with Gasteiger partial charge in [-0.25, -0.2) is 4.98 Å². The normalized spacial score (nSPS) is 9.57. The molecule has 0 aliphatic carbocycles. The number of carbonyl (C=O) groups excluding carboxylic acids is 1. The fraction of sp³-hybridized carbons (Fsp3) is 0.0588. The van der Waals surface area contributed by atoms with Gasteiger partial charge in [-0.3, -0.25) is 4.79 Å². The van der Waals surface area contributed by atoms with Crippen molar-refractivity contribution in [2.75, 3.05) is 0 Å². The summed E-state index contributed by atoms with van der Waals surface area (Å²) < 4.78 is 4.95. The molecule has 0 spiro atoms. The van der Waals surface area contributed by atoms with Crippen LogP contribution in [0.5, 0.6) is 5.75 Å². The van der Waals surface area contributed by atoms with Gasteiger partial charge in [0.15, 0.2) is 0 Å². The molecular formula is C17H16N2O2. The molecule has 0 fully saturated rings. The van der Waals surface area contributed by atoms with E-state index >= 15 is 0 Å². The van der Waals surface area contributed by atoms with Gasteiger partial charge in [0.1, 0.15) is 11.6 Å². The van der Waals surface area contributed by atoms with Crippen LogP contribution >= 0.6 is 0 Å². The third-order valence-corrected chi connectivity index (χ3v) is 2.71. The summed E-state index contributed by atoms with van der Waals surface area (Å²) in [5.41, 5.74) is 2.60. The Labute approximate surface area is 123 Å². The number of para-hydroxylation sites is 3. The Morgan fingerprint density at radius 1 is 1.14 bits per heavy atom. The molecule has 21 heavy (non-hydrogen) atoms. The van der Waals surface area contributed by atoms with Crippen LogP contribution in [0.25, 0.3) is 22.4 Å². The first-order valence-electron chi connectivity index (χ1n) is 6.51. The van der Waals surface area contributed by atoms with Gasteiger partial charge in [0.25, 0.3) is 6.47 Å². The number of ether oxygens (including phenoxy) is 1. The van der Waals surface area contributed by atoms with Gasteiger partial charge in [0.2, 0.25) is 0 Å². The summed E-state index contributed by atoms with van der Waals surface area (Å²) in [5, 5.41) is 0. The van der Waals surface area contributed by atoms with E-state index in [0.29, 0.717) is 18.0 Å². The lowest BCUT2D eigenvalue weighted by Gasteiger charge is -2.03. The number of aromatic amines is 1. The van der Waals surface area contributed by atoms with Gasteiger partial charge in [0.05, 0.1) is 16.6 Å². The first-order chi connectivity index (χ1) is 10.3. The number of H-pyrrole nitrogens is 1. The number of aromatic nitrogens is 2. The summed E-state index contributed by atoms with van der Waals surface area (Å²) in [7, 11) is 0. The molecule has 3 rings (SSSR count). The summed E-state index contributed by atoms with van der Waals surface area (Å²) >= 11 is 0. The van der Waals surface area contributed by atoms with Crippen molar-refractivity contribution in [2.24, 2.45) is 0 Å². The van der Waals surface area contributed by atoms with Crippen molar-refractivity contribution in [1.82, 2.24) is 9.97 Å². The highest BCUT2D eigenvalue weighted by atomic mass is 16.5. The summed E-state index contributed by atoms with van der Waals surface area (Å²) in [6, 6.07) is 15.0. The monoisotopic (exact) mass is 280 g/mol. The molecule has 0 unspecified atom stereocenters. The highest BCUT2D eigenvalue weighted by molar-refractivity contribution is 5.80. The van der Waals surface area contributed by atoms with E-state index in [1.165, 1.54) is 0 Å². The van der Waals surface area contributed by atoms with Crippen molar-refractivity contribution in [1.29, 1.82) is 0 Å². The van der Waals surface area contributed by atoms with Crippen LogP contribution in [-0.2, 0) is 4.79 Å². The second-order valence-corrected chi connectivity index (χ2v) is 4.22. The molecule has 2 aromatic carbocycles. The van der Waals surface area contributed by atoms with E-state index in [-0.39, 0.29) is 0 Å². The lowest BCUT2D eigenvalue weighted by molar-refractivity contribution is -0.120. The summed E-state index contributed by atoms with van der Waals surface area (Å²) in [6.45, 7) is 5.67. The van der Waals surface area contributed by atoms with Gasteiger partial charge in [0, 0.05) is 0 Å². The van der Waals surface area contributed by atoms with Crippen LogP contribution in [0.15, 0.2) is 61.2 Å². The van der Waals surface area contributed by atoms with E-state index in [1.54, 1.807) is 12.1 Å². The van der Waals surface area contributed by atoms with Crippen LogP contribution in [-0.4, -0.2) is 16.4 Å². The van der Waals surface area contributed by atoms with Gasteiger partial charge < -0.3 is 9.72 Å². The minimum absolute atomic E-state index is 0.418. The maximum atomic E-state index is 10.5. The van der Waals surface area contributed by atoms with E-state index < -0.39 is 0 Å². The highest BCUT2D eigenvalue weighted by Gasteiger charge is 2.09. The van der Waals surface area contributed by atoms with Crippen molar-refractivity contribution >= 4 is 17.5 Å². The molecule has 4 nitrogen and oxygen atoms in total. The Morgan fingerprint density at radius 2 is 1.81 bits per heavy atom. The number of nitrogens with one attached hydrogen (secondary N) is 1. The topological polar surface area (TPSA) is 55.0 Å². The molecule has 0 aliphatic heterocycles. The second-order valence-electron chi connectivity index (χ2n) is 4.22. The maximum Gasteiger partial charge on any atom is 0.298 e. The first kappa shape index (κ1) is 14.5. The van der Waals surface area contributed by atoms with Gasteiger partial charge in [-0.1, -0.05) is 30.3 Å². The van der Waals surface area contributed by atoms with E-state index in [1.807, 2.05) is 49.4 Å². The molecule has 0 saturated carbocycles. The Balaban J connectivity index is 0.000000497. The number of hydrogen-bond acceptors (Lipinski definition) is 3. The van der Waals surface area contributed by atoms with Gasteiger partial charge in [-0.2, -0.15) is 0 Å². The summed E-state index contributed by atoms with van der Waals surface area (Å²) in [5.74, 6) is 1.18. The van der Waals surface area contributed by atoms with Crippen molar-refractivity contribution in [2.45, 2.75) is 6.92 Å². The summed E-state index contributed by atoms with van der Waals surface area (Å²) in [6.07, 6.45) is 1.75. The Hall–Kier alpha value is -2.88. The van der Waals surface area contributed by atoms with E-state index in [9.17, 15) is 4.79 Å². The molecule has 106 valence electrons. The average molecular weight is 280 g/mol. The minimum atomic E-state index is 0.418. The third kappa shape index (κ3) is 3.36. The number of carbonyl (C=O) groups is 1. The minimum Gasteiger partial charge on any atom is -0.428 e. The molecule has 0 atom stereocenters. The number of hydrogen-bond donors (Lipinski definition) is 1. The predicted octanol–water partition coefficient (Wildman–Crippen LogP) is 3.96. The lowest BCUT2D eigenvalue weighted by Crippen LogP contribution is -1.92. The molecule has 0 bridgehead atoms. The second kappa shape index (κ2) is 7.05. The fourth-order valence-corrected chi connectivity index (χ4v) is 1.90. The van der Waals surface area contributed by atoms with Gasteiger partial charge in [-0.05, 0) is 31.2 Å². The summed E-state index contributed by atoms with van der Waals surface area (Å²) in [4.78, 5) is 18.2. The Morgan fingerprint density at radius 3 is 2.52 bits per heavy atom. The number of nitrogens with zero attached hydrogens (tertiary/aromatic N) is 1. The van der Waals surface area contributed by atoms with E-state index in [4.69, 9.17) is 4.74 Å². The molecule has 0 saturated heterocycles. The average Bonchev–Trinajstić information content (AvgIpc) is 2.93. The first-order valence-corrected chi connectivity index (χ1v) is 6.51. The van der Waals surface area contributed by atoms with E-state index in [2.05, 4.69) is 16.5 Å². The Bertz CT molecular complexity index is 714. The molecule has 1 N–H and O–H groups in total. The van der Waals surface area contributed by atoms with Crippen LogP contribution in [0.4, 0.5) is 0 Å².